The van der Waals surface area contributed by atoms with E-state index >= 15 is 0 Å². The van der Waals surface area contributed by atoms with Gasteiger partial charge in [-0.1, -0.05) is 44.2 Å². The molecule has 0 aliphatic carbocycles. The number of hydrogen-bond acceptors (Lipinski definition) is 4. The quantitative estimate of drug-likeness (QED) is 0.921. The minimum atomic E-state index is -0.0231. The van der Waals surface area contributed by atoms with E-state index < -0.39 is 0 Å². The van der Waals surface area contributed by atoms with Gasteiger partial charge in [-0.3, -0.25) is 4.79 Å². The molecule has 116 valence electrons. The third-order valence-corrected chi connectivity index (χ3v) is 3.16. The zero-order valence-electron chi connectivity index (χ0n) is 13.5. The monoisotopic (exact) mass is 298 g/mol. The Labute approximate surface area is 131 Å². The number of rotatable bonds is 5. The van der Waals surface area contributed by atoms with Gasteiger partial charge >= 0.3 is 0 Å². The van der Waals surface area contributed by atoms with Crippen molar-refractivity contribution in [2.45, 2.75) is 20.3 Å². The molecule has 5 heteroatoms. The van der Waals surface area contributed by atoms with Crippen molar-refractivity contribution in [3.63, 3.8) is 0 Å². The molecule has 0 unspecified atom stereocenters. The fourth-order valence-corrected chi connectivity index (χ4v) is 2.21. The van der Waals surface area contributed by atoms with Crippen LogP contribution in [-0.4, -0.2) is 30.0 Å². The van der Waals surface area contributed by atoms with Crippen LogP contribution in [-0.2, 0) is 4.79 Å². The minimum Gasteiger partial charge on any atom is -0.361 e. The van der Waals surface area contributed by atoms with Crippen molar-refractivity contribution < 1.29 is 4.79 Å². The molecule has 1 heterocycles. The standard InChI is InChI=1S/C17H22N4O/c1-12(2)10-14(22)20-16-15(13-8-6-5-7-9-13)18-11-19-17(16)21(3)4/h5-9,11-12H,10H2,1-4H3,(H,20,22). The van der Waals surface area contributed by atoms with Crippen LogP contribution >= 0.6 is 0 Å². The highest BCUT2D eigenvalue weighted by Crippen LogP contribution is 2.32. The Morgan fingerprint density at radius 3 is 2.45 bits per heavy atom. The lowest BCUT2D eigenvalue weighted by atomic mass is 10.1. The van der Waals surface area contributed by atoms with E-state index in [0.29, 0.717) is 23.8 Å². The van der Waals surface area contributed by atoms with E-state index in [1.54, 1.807) is 0 Å². The third kappa shape index (κ3) is 3.81. The molecule has 5 nitrogen and oxygen atoms in total. The molecule has 0 atom stereocenters. The van der Waals surface area contributed by atoms with Gasteiger partial charge in [0, 0.05) is 26.1 Å². The molecule has 0 saturated heterocycles. The molecule has 0 radical (unpaired) electrons. The summed E-state index contributed by atoms with van der Waals surface area (Å²) < 4.78 is 0. The lowest BCUT2D eigenvalue weighted by molar-refractivity contribution is -0.116. The van der Waals surface area contributed by atoms with Gasteiger partial charge in [-0.05, 0) is 5.92 Å². The van der Waals surface area contributed by atoms with E-state index in [1.807, 2.05) is 63.2 Å². The number of anilines is 2. The highest BCUT2D eigenvalue weighted by atomic mass is 16.1. The molecular formula is C17H22N4O. The molecular weight excluding hydrogens is 276 g/mol. The Bertz CT molecular complexity index is 638. The Morgan fingerprint density at radius 1 is 1.18 bits per heavy atom. The SMILES string of the molecule is CC(C)CC(=O)Nc1c(-c2ccccc2)ncnc1N(C)C. The van der Waals surface area contributed by atoms with Gasteiger partial charge in [-0.25, -0.2) is 9.97 Å². The Hall–Kier alpha value is -2.43. The van der Waals surface area contributed by atoms with Crippen LogP contribution in [0.2, 0.25) is 0 Å². The van der Waals surface area contributed by atoms with Gasteiger partial charge in [-0.15, -0.1) is 0 Å². The maximum absolute atomic E-state index is 12.2. The summed E-state index contributed by atoms with van der Waals surface area (Å²) in [5.74, 6) is 0.976. The summed E-state index contributed by atoms with van der Waals surface area (Å²) in [6.45, 7) is 4.04. The molecule has 1 amide bonds. The largest absolute Gasteiger partial charge is 0.361 e. The van der Waals surface area contributed by atoms with Gasteiger partial charge < -0.3 is 10.2 Å². The summed E-state index contributed by atoms with van der Waals surface area (Å²) in [5, 5.41) is 2.98. The average Bonchev–Trinajstić information content (AvgIpc) is 2.47. The smallest absolute Gasteiger partial charge is 0.224 e. The maximum Gasteiger partial charge on any atom is 0.224 e. The molecule has 2 rings (SSSR count). The van der Waals surface area contributed by atoms with Crippen molar-refractivity contribution in [2.24, 2.45) is 5.92 Å². The van der Waals surface area contributed by atoms with Crippen molar-refractivity contribution in [3.05, 3.63) is 36.7 Å². The normalized spacial score (nSPS) is 10.6. The van der Waals surface area contributed by atoms with Crippen LogP contribution in [0.25, 0.3) is 11.3 Å². The summed E-state index contributed by atoms with van der Waals surface area (Å²) >= 11 is 0. The Balaban J connectivity index is 2.46. The van der Waals surface area contributed by atoms with Crippen molar-refractivity contribution >= 4 is 17.4 Å². The molecule has 0 saturated carbocycles. The molecule has 2 aromatic rings. The topological polar surface area (TPSA) is 58.1 Å². The number of nitrogens with zero attached hydrogens (tertiary/aromatic N) is 3. The molecule has 0 spiro atoms. The van der Waals surface area contributed by atoms with Gasteiger partial charge in [0.1, 0.15) is 12.0 Å². The molecule has 22 heavy (non-hydrogen) atoms. The van der Waals surface area contributed by atoms with E-state index in [2.05, 4.69) is 15.3 Å². The predicted octanol–water partition coefficient (Wildman–Crippen LogP) is 3.19. The first kappa shape index (κ1) is 15.9. The first-order chi connectivity index (χ1) is 10.5. The third-order valence-electron chi connectivity index (χ3n) is 3.16. The number of nitrogens with one attached hydrogen (secondary N) is 1. The van der Waals surface area contributed by atoms with Crippen LogP contribution in [0.5, 0.6) is 0 Å². The maximum atomic E-state index is 12.2. The van der Waals surface area contributed by atoms with Gasteiger partial charge in [-0.2, -0.15) is 0 Å². The number of hydrogen-bond donors (Lipinski definition) is 1. The van der Waals surface area contributed by atoms with Crippen LogP contribution in [0.15, 0.2) is 36.7 Å². The highest BCUT2D eigenvalue weighted by Gasteiger charge is 2.17. The van der Waals surface area contributed by atoms with Crippen molar-refractivity contribution in [1.29, 1.82) is 0 Å². The van der Waals surface area contributed by atoms with Crippen LogP contribution in [0.4, 0.5) is 11.5 Å². The lowest BCUT2D eigenvalue weighted by Crippen LogP contribution is -2.20. The summed E-state index contributed by atoms with van der Waals surface area (Å²) in [4.78, 5) is 22.7. The van der Waals surface area contributed by atoms with Crippen molar-refractivity contribution in [1.82, 2.24) is 9.97 Å². The number of amides is 1. The molecule has 1 N–H and O–H groups in total. The number of carbonyl (C=O) groups is 1. The number of benzene rings is 1. The summed E-state index contributed by atoms with van der Waals surface area (Å²) in [6.07, 6.45) is 1.99. The zero-order valence-corrected chi connectivity index (χ0v) is 13.5. The molecule has 0 bridgehead atoms. The second-order valence-electron chi connectivity index (χ2n) is 5.83. The molecule has 0 aliphatic rings. The van der Waals surface area contributed by atoms with Crippen molar-refractivity contribution in [3.8, 4) is 11.3 Å². The van der Waals surface area contributed by atoms with Gasteiger partial charge in [0.05, 0.1) is 5.69 Å². The Kier molecular flexibility index (Phi) is 5.09. The second kappa shape index (κ2) is 7.02. The van der Waals surface area contributed by atoms with E-state index in [0.717, 1.165) is 11.3 Å². The van der Waals surface area contributed by atoms with E-state index in [1.165, 1.54) is 6.33 Å². The molecule has 1 aromatic carbocycles. The van der Waals surface area contributed by atoms with Gasteiger partial charge in [0.15, 0.2) is 5.82 Å². The van der Waals surface area contributed by atoms with E-state index in [9.17, 15) is 4.79 Å². The Morgan fingerprint density at radius 2 is 1.86 bits per heavy atom. The van der Waals surface area contributed by atoms with Crippen LogP contribution in [0.3, 0.4) is 0 Å². The summed E-state index contributed by atoms with van der Waals surface area (Å²) in [5.41, 5.74) is 2.34. The average molecular weight is 298 g/mol. The predicted molar refractivity (Wildman–Crippen MR) is 89.9 cm³/mol. The minimum absolute atomic E-state index is 0.0231. The summed E-state index contributed by atoms with van der Waals surface area (Å²) in [7, 11) is 3.80. The van der Waals surface area contributed by atoms with Crippen LogP contribution in [0.1, 0.15) is 20.3 Å². The first-order valence-corrected chi connectivity index (χ1v) is 7.36. The summed E-state index contributed by atoms with van der Waals surface area (Å²) in [6, 6.07) is 9.80. The van der Waals surface area contributed by atoms with Crippen LogP contribution < -0.4 is 10.2 Å². The molecule has 0 fully saturated rings. The van der Waals surface area contributed by atoms with Crippen LogP contribution in [0, 0.1) is 5.92 Å². The fraction of sp³-hybridized carbons (Fsp3) is 0.353. The first-order valence-electron chi connectivity index (χ1n) is 7.36. The van der Waals surface area contributed by atoms with Crippen molar-refractivity contribution in [2.75, 3.05) is 24.3 Å². The second-order valence-corrected chi connectivity index (χ2v) is 5.83. The lowest BCUT2D eigenvalue weighted by Gasteiger charge is -2.19. The highest BCUT2D eigenvalue weighted by molar-refractivity contribution is 5.98. The van der Waals surface area contributed by atoms with Gasteiger partial charge in [0.2, 0.25) is 5.91 Å². The number of carbonyl (C=O) groups excluding carboxylic acids is 1. The number of aromatic nitrogens is 2. The van der Waals surface area contributed by atoms with Gasteiger partial charge in [0.25, 0.3) is 0 Å². The molecule has 0 aliphatic heterocycles. The molecule has 1 aromatic heterocycles. The fourth-order valence-electron chi connectivity index (χ4n) is 2.21. The zero-order chi connectivity index (χ0) is 16.1. The van der Waals surface area contributed by atoms with E-state index in [4.69, 9.17) is 0 Å². The van der Waals surface area contributed by atoms with E-state index in [-0.39, 0.29) is 5.91 Å².